The highest BCUT2D eigenvalue weighted by atomic mass is 79.9. The quantitative estimate of drug-likeness (QED) is 0.846. The van der Waals surface area contributed by atoms with Gasteiger partial charge in [0.15, 0.2) is 9.73 Å². The van der Waals surface area contributed by atoms with Crippen LogP contribution in [0.15, 0.2) is 10.1 Å². The monoisotopic (exact) mass is 260 g/mol. The number of halogens is 1. The van der Waals surface area contributed by atoms with Gasteiger partial charge in [-0.15, -0.1) is 5.10 Å². The SMILES string of the molecule is CC(=O)Nc1cnc2sc(Br)nn12. The molecule has 0 radical (unpaired) electrons. The standard InChI is InChI=1S/C6H5BrN4OS/c1-3(12)9-4-2-8-6-11(4)10-5(7)13-6/h2H,1H3,(H,9,12). The van der Waals surface area contributed by atoms with Crippen LogP contribution in [0.1, 0.15) is 6.92 Å². The van der Waals surface area contributed by atoms with Crippen molar-refractivity contribution >= 4 is 44.0 Å². The normalized spacial score (nSPS) is 10.6. The molecule has 2 aromatic rings. The van der Waals surface area contributed by atoms with E-state index in [1.54, 1.807) is 10.7 Å². The Balaban J connectivity index is 2.50. The van der Waals surface area contributed by atoms with Crippen LogP contribution in [-0.2, 0) is 4.79 Å². The first kappa shape index (κ1) is 8.64. The maximum absolute atomic E-state index is 10.8. The summed E-state index contributed by atoms with van der Waals surface area (Å²) in [5.41, 5.74) is 0. The van der Waals surface area contributed by atoms with Crippen molar-refractivity contribution in [1.29, 1.82) is 0 Å². The highest BCUT2D eigenvalue weighted by molar-refractivity contribution is 9.11. The molecule has 0 aromatic carbocycles. The van der Waals surface area contributed by atoms with Crippen molar-refractivity contribution in [3.63, 3.8) is 0 Å². The maximum atomic E-state index is 10.8. The molecule has 2 heterocycles. The summed E-state index contributed by atoms with van der Waals surface area (Å²) >= 11 is 4.64. The van der Waals surface area contributed by atoms with Crippen LogP contribution in [0, 0.1) is 0 Å². The number of amides is 1. The van der Waals surface area contributed by atoms with E-state index in [0.717, 1.165) is 8.88 Å². The Morgan fingerprint density at radius 2 is 2.54 bits per heavy atom. The van der Waals surface area contributed by atoms with Crippen LogP contribution in [0.3, 0.4) is 0 Å². The molecule has 1 N–H and O–H groups in total. The van der Waals surface area contributed by atoms with E-state index in [-0.39, 0.29) is 5.91 Å². The van der Waals surface area contributed by atoms with E-state index >= 15 is 0 Å². The Kier molecular flexibility index (Phi) is 2.04. The van der Waals surface area contributed by atoms with Gasteiger partial charge in [-0.05, 0) is 15.9 Å². The van der Waals surface area contributed by atoms with Gasteiger partial charge in [-0.2, -0.15) is 4.52 Å². The van der Waals surface area contributed by atoms with Crippen molar-refractivity contribution < 1.29 is 4.79 Å². The Bertz CT molecular complexity index is 462. The summed E-state index contributed by atoms with van der Waals surface area (Å²) in [5, 5.41) is 6.73. The molecular formula is C6H5BrN4OS. The third-order valence-corrected chi connectivity index (χ3v) is 2.72. The number of nitrogens with one attached hydrogen (secondary N) is 1. The van der Waals surface area contributed by atoms with E-state index < -0.39 is 0 Å². The summed E-state index contributed by atoms with van der Waals surface area (Å²) in [4.78, 5) is 15.6. The van der Waals surface area contributed by atoms with Crippen molar-refractivity contribution in [2.24, 2.45) is 0 Å². The average molecular weight is 261 g/mol. The molecular weight excluding hydrogens is 256 g/mol. The van der Waals surface area contributed by atoms with Crippen LogP contribution >= 0.6 is 27.3 Å². The van der Waals surface area contributed by atoms with Gasteiger partial charge >= 0.3 is 0 Å². The van der Waals surface area contributed by atoms with E-state index in [1.165, 1.54) is 18.3 Å². The molecule has 0 bridgehead atoms. The minimum absolute atomic E-state index is 0.133. The van der Waals surface area contributed by atoms with Gasteiger partial charge in [-0.25, -0.2) is 4.98 Å². The number of aromatic nitrogens is 3. The Hall–Kier alpha value is -0.950. The predicted molar refractivity (Wildman–Crippen MR) is 52.9 cm³/mol. The third-order valence-electron chi connectivity index (χ3n) is 1.36. The highest BCUT2D eigenvalue weighted by Gasteiger charge is 2.08. The first-order valence-corrected chi connectivity index (χ1v) is 5.05. The van der Waals surface area contributed by atoms with Gasteiger partial charge in [0.2, 0.25) is 10.9 Å². The summed E-state index contributed by atoms with van der Waals surface area (Å²) in [6.07, 6.45) is 1.58. The fourth-order valence-corrected chi connectivity index (χ4v) is 2.13. The van der Waals surface area contributed by atoms with E-state index in [1.807, 2.05) is 0 Å². The number of nitrogens with zero attached hydrogens (tertiary/aromatic N) is 3. The number of fused-ring (bicyclic) bond motifs is 1. The third kappa shape index (κ3) is 1.56. The van der Waals surface area contributed by atoms with Crippen molar-refractivity contribution in [2.75, 3.05) is 5.32 Å². The van der Waals surface area contributed by atoms with Crippen molar-refractivity contribution in [3.05, 3.63) is 10.1 Å². The number of hydrogen-bond acceptors (Lipinski definition) is 4. The fourth-order valence-electron chi connectivity index (χ4n) is 0.935. The van der Waals surface area contributed by atoms with Gasteiger partial charge < -0.3 is 5.32 Å². The van der Waals surface area contributed by atoms with E-state index in [2.05, 4.69) is 31.3 Å². The van der Waals surface area contributed by atoms with Gasteiger partial charge in [0.25, 0.3) is 0 Å². The molecule has 0 saturated heterocycles. The zero-order valence-corrected chi connectivity index (χ0v) is 9.02. The number of hydrogen-bond donors (Lipinski definition) is 1. The minimum Gasteiger partial charge on any atom is -0.310 e. The summed E-state index contributed by atoms with van der Waals surface area (Å²) in [6, 6.07) is 0. The van der Waals surface area contributed by atoms with Crippen molar-refractivity contribution in [3.8, 4) is 0 Å². The topological polar surface area (TPSA) is 59.3 Å². The van der Waals surface area contributed by atoms with Gasteiger partial charge in [-0.3, -0.25) is 4.79 Å². The van der Waals surface area contributed by atoms with Crippen LogP contribution < -0.4 is 5.32 Å². The maximum Gasteiger partial charge on any atom is 0.222 e. The Morgan fingerprint density at radius 3 is 3.23 bits per heavy atom. The van der Waals surface area contributed by atoms with Crippen molar-refractivity contribution in [2.45, 2.75) is 6.92 Å². The molecule has 0 aliphatic heterocycles. The highest BCUT2D eigenvalue weighted by Crippen LogP contribution is 2.21. The molecule has 2 rings (SSSR count). The smallest absolute Gasteiger partial charge is 0.222 e. The van der Waals surface area contributed by atoms with Gasteiger partial charge in [0.05, 0.1) is 6.20 Å². The number of carbonyl (C=O) groups excluding carboxylic acids is 1. The van der Waals surface area contributed by atoms with Gasteiger partial charge in [0.1, 0.15) is 0 Å². The molecule has 0 aliphatic rings. The number of rotatable bonds is 1. The second-order valence-electron chi connectivity index (χ2n) is 2.37. The largest absolute Gasteiger partial charge is 0.310 e. The molecule has 7 heteroatoms. The van der Waals surface area contributed by atoms with Crippen LogP contribution in [0.5, 0.6) is 0 Å². The average Bonchev–Trinajstić information content (AvgIpc) is 2.51. The van der Waals surface area contributed by atoms with Crippen LogP contribution in [-0.4, -0.2) is 20.5 Å². The first-order valence-electron chi connectivity index (χ1n) is 3.44. The summed E-state index contributed by atoms with van der Waals surface area (Å²) in [6.45, 7) is 1.45. The summed E-state index contributed by atoms with van der Waals surface area (Å²) < 4.78 is 2.32. The molecule has 0 saturated carbocycles. The summed E-state index contributed by atoms with van der Waals surface area (Å²) in [5.74, 6) is 0.454. The van der Waals surface area contributed by atoms with Gasteiger partial charge in [-0.1, -0.05) is 11.3 Å². The fraction of sp³-hybridized carbons (Fsp3) is 0.167. The summed E-state index contributed by atoms with van der Waals surface area (Å²) in [7, 11) is 0. The molecule has 0 spiro atoms. The number of carbonyl (C=O) groups is 1. The van der Waals surface area contributed by atoms with Crippen LogP contribution in [0.2, 0.25) is 0 Å². The molecule has 0 aliphatic carbocycles. The van der Waals surface area contributed by atoms with Crippen LogP contribution in [0.25, 0.3) is 4.96 Å². The van der Waals surface area contributed by atoms with E-state index in [0.29, 0.717) is 5.82 Å². The molecule has 0 unspecified atom stereocenters. The lowest BCUT2D eigenvalue weighted by atomic mass is 10.6. The second kappa shape index (κ2) is 3.08. The molecule has 68 valence electrons. The van der Waals surface area contributed by atoms with E-state index in [4.69, 9.17) is 0 Å². The molecule has 2 aromatic heterocycles. The lowest BCUT2D eigenvalue weighted by Crippen LogP contribution is -2.08. The molecule has 1 amide bonds. The second-order valence-corrected chi connectivity index (χ2v) is 4.61. The lowest BCUT2D eigenvalue weighted by Gasteiger charge is -1.95. The van der Waals surface area contributed by atoms with E-state index in [9.17, 15) is 4.79 Å². The van der Waals surface area contributed by atoms with Crippen LogP contribution in [0.4, 0.5) is 5.82 Å². The molecule has 0 atom stereocenters. The molecule has 5 nitrogen and oxygen atoms in total. The zero-order valence-electron chi connectivity index (χ0n) is 6.61. The first-order chi connectivity index (χ1) is 6.16. The molecule has 13 heavy (non-hydrogen) atoms. The number of anilines is 1. The Labute approximate surface area is 85.9 Å². The predicted octanol–water partition coefficient (Wildman–Crippen LogP) is 1.51. The minimum atomic E-state index is -0.133. The number of imidazole rings is 1. The lowest BCUT2D eigenvalue weighted by molar-refractivity contribution is -0.114. The molecule has 0 fully saturated rings. The van der Waals surface area contributed by atoms with Gasteiger partial charge in [0, 0.05) is 6.92 Å². The Morgan fingerprint density at radius 1 is 1.77 bits per heavy atom. The zero-order chi connectivity index (χ0) is 9.42. The van der Waals surface area contributed by atoms with Crippen molar-refractivity contribution in [1.82, 2.24) is 14.6 Å².